The van der Waals surface area contributed by atoms with Crippen molar-refractivity contribution < 1.29 is 5.11 Å². The monoisotopic (exact) mass is 199 g/mol. The average molecular weight is 199 g/mol. The fourth-order valence-corrected chi connectivity index (χ4v) is 2.81. The lowest BCUT2D eigenvalue weighted by molar-refractivity contribution is 0.00803. The van der Waals surface area contributed by atoms with Gasteiger partial charge in [0, 0.05) is 11.7 Å². The van der Waals surface area contributed by atoms with Gasteiger partial charge in [-0.25, -0.2) is 9.67 Å². The van der Waals surface area contributed by atoms with Crippen LogP contribution < -0.4 is 0 Å². The van der Waals surface area contributed by atoms with Crippen molar-refractivity contribution in [2.24, 2.45) is 11.8 Å². The van der Waals surface area contributed by atoms with E-state index in [1.165, 1.54) is 6.33 Å². The molecule has 1 N–H and O–H groups in total. The molecule has 2 heterocycles. The molecule has 0 saturated heterocycles. The van der Waals surface area contributed by atoms with Gasteiger partial charge in [0.15, 0.2) is 11.4 Å². The van der Waals surface area contributed by atoms with Gasteiger partial charge in [0.05, 0.1) is 0 Å². The van der Waals surface area contributed by atoms with E-state index >= 15 is 0 Å². The lowest BCUT2D eigenvalue weighted by atomic mass is 9.96. The van der Waals surface area contributed by atoms with Gasteiger partial charge in [-0.15, -0.1) is 0 Å². The highest BCUT2D eigenvalue weighted by Crippen LogP contribution is 2.35. The number of aliphatic hydroxyl groups is 1. The number of thioether (sulfide) groups is 1. The van der Waals surface area contributed by atoms with Crippen LogP contribution in [0.3, 0.4) is 0 Å². The average Bonchev–Trinajstić information content (AvgIpc) is 2.52. The summed E-state index contributed by atoms with van der Waals surface area (Å²) in [6.45, 7) is 4.24. The number of hydrogen-bond acceptors (Lipinski definition) is 4. The van der Waals surface area contributed by atoms with E-state index in [0.29, 0.717) is 5.92 Å². The van der Waals surface area contributed by atoms with E-state index in [4.69, 9.17) is 0 Å². The maximum absolute atomic E-state index is 9.93. The van der Waals surface area contributed by atoms with Gasteiger partial charge in [-0.2, -0.15) is 5.10 Å². The Bertz CT molecular complexity index is 299. The number of hydrogen-bond donors (Lipinski definition) is 1. The van der Waals surface area contributed by atoms with Crippen molar-refractivity contribution in [3.8, 4) is 0 Å². The van der Waals surface area contributed by atoms with Crippen molar-refractivity contribution in [2.75, 3.05) is 5.75 Å². The van der Waals surface area contributed by atoms with Gasteiger partial charge in [0.2, 0.25) is 0 Å². The van der Waals surface area contributed by atoms with Crippen LogP contribution in [0.2, 0.25) is 0 Å². The molecule has 5 heteroatoms. The lowest BCUT2D eigenvalue weighted by Gasteiger charge is -2.30. The molecule has 0 amide bonds. The molecule has 0 saturated carbocycles. The Morgan fingerprint density at radius 1 is 1.69 bits per heavy atom. The molecule has 2 atom stereocenters. The highest BCUT2D eigenvalue weighted by Gasteiger charge is 2.31. The van der Waals surface area contributed by atoms with Crippen molar-refractivity contribution >= 4 is 11.8 Å². The molecule has 4 nitrogen and oxygen atoms in total. The Morgan fingerprint density at radius 3 is 3.15 bits per heavy atom. The van der Waals surface area contributed by atoms with Crippen molar-refractivity contribution in [1.29, 1.82) is 0 Å². The fourth-order valence-electron chi connectivity index (χ4n) is 1.50. The first-order valence-electron chi connectivity index (χ1n) is 4.40. The number of nitrogens with zero attached hydrogens (tertiary/aromatic N) is 3. The molecule has 72 valence electrons. The first-order chi connectivity index (χ1) is 6.20. The smallest absolute Gasteiger partial charge is 0.188 e. The number of fused-ring (bicyclic) bond motifs is 1. The van der Waals surface area contributed by atoms with Crippen LogP contribution >= 0.6 is 11.8 Å². The van der Waals surface area contributed by atoms with Crippen LogP contribution in [-0.2, 0) is 0 Å². The highest BCUT2D eigenvalue weighted by atomic mass is 32.2. The second kappa shape index (κ2) is 3.31. The zero-order valence-corrected chi connectivity index (χ0v) is 8.53. The summed E-state index contributed by atoms with van der Waals surface area (Å²) < 4.78 is 1.61. The van der Waals surface area contributed by atoms with Crippen LogP contribution in [0.1, 0.15) is 20.1 Å². The highest BCUT2D eigenvalue weighted by molar-refractivity contribution is 7.99. The molecule has 0 aliphatic carbocycles. The van der Waals surface area contributed by atoms with E-state index in [-0.39, 0.29) is 5.92 Å². The Kier molecular flexibility index (Phi) is 2.29. The molecule has 13 heavy (non-hydrogen) atoms. The molecule has 1 aliphatic heterocycles. The minimum absolute atomic E-state index is 0.277. The van der Waals surface area contributed by atoms with Gasteiger partial charge in [-0.05, 0) is 5.92 Å². The van der Waals surface area contributed by atoms with Crippen LogP contribution in [0.5, 0.6) is 0 Å². The third-order valence-corrected chi connectivity index (χ3v) is 3.54. The van der Waals surface area contributed by atoms with Gasteiger partial charge in [0.25, 0.3) is 0 Å². The van der Waals surface area contributed by atoms with E-state index in [0.717, 1.165) is 10.9 Å². The molecule has 0 fully saturated rings. The standard InChI is InChI=1S/C8H13N3OS/c1-5(2)6-3-13-8-9-4-10-11(8)7(6)12/h4-7,12H,3H2,1-2H3. The quantitative estimate of drug-likeness (QED) is 0.737. The summed E-state index contributed by atoms with van der Waals surface area (Å²) in [6.07, 6.45) is 0.993. The van der Waals surface area contributed by atoms with Crippen LogP contribution in [0, 0.1) is 11.8 Å². The maximum Gasteiger partial charge on any atom is 0.188 e. The zero-order valence-electron chi connectivity index (χ0n) is 7.71. The second-order valence-electron chi connectivity index (χ2n) is 3.62. The van der Waals surface area contributed by atoms with E-state index < -0.39 is 6.23 Å². The van der Waals surface area contributed by atoms with Crippen molar-refractivity contribution in [2.45, 2.75) is 25.2 Å². The molecule has 0 radical (unpaired) electrons. The SMILES string of the molecule is CC(C)C1CSc2ncnn2C1O. The van der Waals surface area contributed by atoms with Crippen molar-refractivity contribution in [3.05, 3.63) is 6.33 Å². The van der Waals surface area contributed by atoms with Gasteiger partial charge < -0.3 is 5.11 Å². The minimum Gasteiger partial charge on any atom is -0.371 e. The van der Waals surface area contributed by atoms with Crippen LogP contribution in [0.25, 0.3) is 0 Å². The van der Waals surface area contributed by atoms with Gasteiger partial charge in [-0.1, -0.05) is 25.6 Å². The molecule has 0 spiro atoms. The molecule has 2 rings (SSSR count). The Hall–Kier alpha value is -0.550. The van der Waals surface area contributed by atoms with E-state index in [9.17, 15) is 5.11 Å². The van der Waals surface area contributed by atoms with E-state index in [2.05, 4.69) is 23.9 Å². The summed E-state index contributed by atoms with van der Waals surface area (Å²) >= 11 is 1.66. The minimum atomic E-state index is -0.501. The van der Waals surface area contributed by atoms with Crippen LogP contribution in [-0.4, -0.2) is 25.6 Å². The normalized spacial score (nSPS) is 27.7. The molecular formula is C8H13N3OS. The summed E-state index contributed by atoms with van der Waals surface area (Å²) in [5.74, 6) is 1.68. The largest absolute Gasteiger partial charge is 0.371 e. The third kappa shape index (κ3) is 1.46. The Labute approximate surface area is 81.4 Å². The predicted octanol–water partition coefficient (Wildman–Crippen LogP) is 1.15. The third-order valence-electron chi connectivity index (χ3n) is 2.43. The number of aliphatic hydroxyl groups excluding tert-OH is 1. The second-order valence-corrected chi connectivity index (χ2v) is 4.61. The molecule has 0 bridgehead atoms. The topological polar surface area (TPSA) is 50.9 Å². The lowest BCUT2D eigenvalue weighted by Crippen LogP contribution is -2.30. The fraction of sp³-hybridized carbons (Fsp3) is 0.750. The molecule has 2 unspecified atom stereocenters. The number of aromatic nitrogens is 3. The predicted molar refractivity (Wildman–Crippen MR) is 50.3 cm³/mol. The van der Waals surface area contributed by atoms with E-state index in [1.54, 1.807) is 16.4 Å². The maximum atomic E-state index is 9.93. The Balaban J connectivity index is 2.27. The summed E-state index contributed by atoms with van der Waals surface area (Å²) in [4.78, 5) is 4.06. The van der Waals surface area contributed by atoms with Crippen molar-refractivity contribution in [1.82, 2.24) is 14.8 Å². The van der Waals surface area contributed by atoms with Gasteiger partial charge in [0.1, 0.15) is 6.33 Å². The van der Waals surface area contributed by atoms with Crippen molar-refractivity contribution in [3.63, 3.8) is 0 Å². The summed E-state index contributed by atoms with van der Waals surface area (Å²) in [7, 11) is 0. The first-order valence-corrected chi connectivity index (χ1v) is 5.39. The summed E-state index contributed by atoms with van der Waals surface area (Å²) in [6, 6.07) is 0. The molecule has 1 aromatic heterocycles. The van der Waals surface area contributed by atoms with Gasteiger partial charge >= 0.3 is 0 Å². The van der Waals surface area contributed by atoms with Crippen LogP contribution in [0.4, 0.5) is 0 Å². The van der Waals surface area contributed by atoms with E-state index in [1.807, 2.05) is 0 Å². The zero-order chi connectivity index (χ0) is 9.42. The first kappa shape index (κ1) is 9.02. The molecule has 1 aliphatic rings. The molecule has 0 aromatic carbocycles. The summed E-state index contributed by atoms with van der Waals surface area (Å²) in [5.41, 5.74) is 0. The summed E-state index contributed by atoms with van der Waals surface area (Å²) in [5, 5.41) is 14.8. The molecule has 1 aromatic rings. The van der Waals surface area contributed by atoms with Crippen LogP contribution in [0.15, 0.2) is 11.5 Å². The Morgan fingerprint density at radius 2 is 2.46 bits per heavy atom. The van der Waals surface area contributed by atoms with Gasteiger partial charge in [-0.3, -0.25) is 0 Å². The molecular weight excluding hydrogens is 186 g/mol. The number of rotatable bonds is 1.